The molecule has 0 atom stereocenters. The molecule has 5 nitrogen and oxygen atoms in total. The smallest absolute Gasteiger partial charge is 0.164 e. The Balaban J connectivity index is 1.05. The van der Waals surface area contributed by atoms with Gasteiger partial charge in [-0.25, -0.2) is 19.9 Å². The Morgan fingerprint density at radius 1 is 0.316 bits per heavy atom. The molecule has 0 amide bonds. The van der Waals surface area contributed by atoms with Crippen molar-refractivity contribution in [3.8, 4) is 62.4 Å². The first-order valence-corrected chi connectivity index (χ1v) is 19.1. The summed E-state index contributed by atoms with van der Waals surface area (Å²) in [6.45, 7) is 0. The highest BCUT2D eigenvalue weighted by atomic mass is 15.1. The molecule has 0 saturated heterocycles. The molecule has 0 saturated carbocycles. The van der Waals surface area contributed by atoms with Gasteiger partial charge >= 0.3 is 0 Å². The molecule has 11 aromatic rings. The molecule has 0 unspecified atom stereocenters. The van der Waals surface area contributed by atoms with E-state index in [1.807, 2.05) is 36.4 Å². The van der Waals surface area contributed by atoms with Crippen LogP contribution >= 0.6 is 0 Å². The Morgan fingerprint density at radius 3 is 1.61 bits per heavy atom. The standard InChI is InChI=1S/C52H33N5/c1-4-14-36(15-5-1)49-54-50(56-51(55-49)43-26-23-34-13-10-11-18-38(34)32-43)42-20-12-19-39(33-42)40-27-29-45-41(31-40)25-24-35-28-30-46-48(47(35)45)57(44-21-8-3-9-22-44)52(53-46)37-16-6-2-7-17-37/h1-33H. The summed E-state index contributed by atoms with van der Waals surface area (Å²) < 4.78 is 2.31. The maximum atomic E-state index is 5.23. The molecular weight excluding hydrogens is 695 g/mol. The van der Waals surface area contributed by atoms with Crippen molar-refractivity contribution in [1.29, 1.82) is 0 Å². The predicted molar refractivity (Wildman–Crippen MR) is 234 cm³/mol. The lowest BCUT2D eigenvalue weighted by Gasteiger charge is -2.13. The fourth-order valence-corrected chi connectivity index (χ4v) is 8.02. The molecule has 11 rings (SSSR count). The minimum absolute atomic E-state index is 0.631. The maximum absolute atomic E-state index is 5.23. The van der Waals surface area contributed by atoms with Gasteiger partial charge in [0.1, 0.15) is 5.82 Å². The van der Waals surface area contributed by atoms with E-state index in [0.717, 1.165) is 66.7 Å². The summed E-state index contributed by atoms with van der Waals surface area (Å²) in [5.74, 6) is 2.84. The van der Waals surface area contributed by atoms with E-state index < -0.39 is 0 Å². The van der Waals surface area contributed by atoms with Crippen LogP contribution in [0.1, 0.15) is 0 Å². The van der Waals surface area contributed by atoms with Gasteiger partial charge in [-0.3, -0.25) is 4.57 Å². The van der Waals surface area contributed by atoms with Crippen molar-refractivity contribution in [3.63, 3.8) is 0 Å². The van der Waals surface area contributed by atoms with Crippen molar-refractivity contribution in [2.45, 2.75) is 0 Å². The quantitative estimate of drug-likeness (QED) is 0.160. The summed E-state index contributed by atoms with van der Waals surface area (Å²) in [4.78, 5) is 20.3. The maximum Gasteiger partial charge on any atom is 0.164 e. The number of hydrogen-bond acceptors (Lipinski definition) is 4. The molecule has 2 heterocycles. The number of nitrogens with zero attached hydrogens (tertiary/aromatic N) is 5. The first-order chi connectivity index (χ1) is 28.2. The van der Waals surface area contributed by atoms with Crippen molar-refractivity contribution in [2.75, 3.05) is 0 Å². The van der Waals surface area contributed by atoms with E-state index in [0.29, 0.717) is 17.5 Å². The Hall–Kier alpha value is -7.76. The Bertz CT molecular complexity index is 3280. The predicted octanol–water partition coefficient (Wildman–Crippen LogP) is 13.0. The first-order valence-electron chi connectivity index (χ1n) is 19.1. The largest absolute Gasteiger partial charge is 0.292 e. The van der Waals surface area contributed by atoms with Gasteiger partial charge in [-0.05, 0) is 74.5 Å². The van der Waals surface area contributed by atoms with E-state index >= 15 is 0 Å². The van der Waals surface area contributed by atoms with Crippen LogP contribution in [0.5, 0.6) is 0 Å². The lowest BCUT2D eigenvalue weighted by Crippen LogP contribution is -2.00. The number of benzene rings is 9. The molecule has 5 heteroatoms. The Labute approximate surface area is 329 Å². The summed E-state index contributed by atoms with van der Waals surface area (Å²) in [7, 11) is 0. The Kier molecular flexibility index (Phi) is 7.74. The first kappa shape index (κ1) is 32.7. The van der Waals surface area contributed by atoms with Crippen LogP contribution in [0.25, 0.3) is 106 Å². The molecule has 0 N–H and O–H groups in total. The average molecular weight is 728 g/mol. The van der Waals surface area contributed by atoms with Gasteiger partial charge in [0.2, 0.25) is 0 Å². The molecule has 57 heavy (non-hydrogen) atoms. The van der Waals surface area contributed by atoms with Gasteiger partial charge in [-0.2, -0.15) is 0 Å². The molecule has 0 spiro atoms. The van der Waals surface area contributed by atoms with Gasteiger partial charge in [0.05, 0.1) is 11.0 Å². The van der Waals surface area contributed by atoms with Crippen molar-refractivity contribution in [2.24, 2.45) is 0 Å². The van der Waals surface area contributed by atoms with Crippen molar-refractivity contribution in [1.82, 2.24) is 24.5 Å². The second kappa shape index (κ2) is 13.5. The van der Waals surface area contributed by atoms with E-state index in [2.05, 4.69) is 168 Å². The highest BCUT2D eigenvalue weighted by Gasteiger charge is 2.19. The Morgan fingerprint density at radius 2 is 0.842 bits per heavy atom. The molecule has 266 valence electrons. The molecule has 2 aromatic heterocycles. The molecule has 0 aliphatic rings. The summed E-state index contributed by atoms with van der Waals surface area (Å²) in [6.07, 6.45) is 0. The zero-order valence-electron chi connectivity index (χ0n) is 30.8. The van der Waals surface area contributed by atoms with E-state index in [1.54, 1.807) is 0 Å². The molecule has 0 aliphatic carbocycles. The number of rotatable bonds is 6. The van der Waals surface area contributed by atoms with Crippen LogP contribution in [0.3, 0.4) is 0 Å². The zero-order chi connectivity index (χ0) is 37.7. The third-order valence-electron chi connectivity index (χ3n) is 10.8. The minimum Gasteiger partial charge on any atom is -0.292 e. The van der Waals surface area contributed by atoms with Crippen LogP contribution < -0.4 is 0 Å². The minimum atomic E-state index is 0.631. The van der Waals surface area contributed by atoms with E-state index in [-0.39, 0.29) is 0 Å². The van der Waals surface area contributed by atoms with Gasteiger partial charge in [-0.15, -0.1) is 0 Å². The lowest BCUT2D eigenvalue weighted by molar-refractivity contribution is 1.07. The summed E-state index contributed by atoms with van der Waals surface area (Å²) in [6, 6.07) is 69.9. The molecule has 0 fully saturated rings. The number of para-hydroxylation sites is 1. The van der Waals surface area contributed by atoms with Crippen LogP contribution in [0.2, 0.25) is 0 Å². The van der Waals surface area contributed by atoms with E-state index in [1.165, 1.54) is 21.5 Å². The van der Waals surface area contributed by atoms with Crippen LogP contribution in [0.4, 0.5) is 0 Å². The average Bonchev–Trinajstić information content (AvgIpc) is 3.69. The molecule has 0 bridgehead atoms. The van der Waals surface area contributed by atoms with Crippen molar-refractivity contribution >= 4 is 43.4 Å². The van der Waals surface area contributed by atoms with Crippen molar-refractivity contribution in [3.05, 3.63) is 200 Å². The van der Waals surface area contributed by atoms with E-state index in [4.69, 9.17) is 19.9 Å². The van der Waals surface area contributed by atoms with Crippen LogP contribution in [0.15, 0.2) is 200 Å². The number of fused-ring (bicyclic) bond motifs is 6. The fourth-order valence-electron chi connectivity index (χ4n) is 8.02. The second-order valence-corrected chi connectivity index (χ2v) is 14.3. The molecular formula is C52H33N5. The third kappa shape index (κ3) is 5.81. The zero-order valence-corrected chi connectivity index (χ0v) is 30.8. The normalized spacial score (nSPS) is 11.5. The highest BCUT2D eigenvalue weighted by Crippen LogP contribution is 2.38. The highest BCUT2D eigenvalue weighted by molar-refractivity contribution is 6.20. The second-order valence-electron chi connectivity index (χ2n) is 14.3. The molecule has 0 aliphatic heterocycles. The van der Waals surface area contributed by atoms with Crippen LogP contribution in [-0.2, 0) is 0 Å². The number of aromatic nitrogens is 5. The SMILES string of the molecule is c1ccc(-c2nc(-c3cccc(-c4ccc5c(ccc6ccc7nc(-c8ccccc8)n(-c8ccccc8)c7c65)c4)c3)nc(-c3ccc4ccccc4c3)n2)cc1. The number of imidazole rings is 1. The topological polar surface area (TPSA) is 56.5 Å². The van der Waals surface area contributed by atoms with Crippen LogP contribution in [-0.4, -0.2) is 24.5 Å². The number of hydrogen-bond donors (Lipinski definition) is 0. The molecule has 0 radical (unpaired) electrons. The lowest BCUT2D eigenvalue weighted by atomic mass is 9.96. The van der Waals surface area contributed by atoms with Gasteiger partial charge in [0.25, 0.3) is 0 Å². The monoisotopic (exact) mass is 727 g/mol. The van der Waals surface area contributed by atoms with E-state index in [9.17, 15) is 0 Å². The van der Waals surface area contributed by atoms with Gasteiger partial charge in [0, 0.05) is 33.3 Å². The summed E-state index contributed by atoms with van der Waals surface area (Å²) in [5, 5.41) is 7.02. The third-order valence-corrected chi connectivity index (χ3v) is 10.8. The van der Waals surface area contributed by atoms with Crippen molar-refractivity contribution < 1.29 is 0 Å². The van der Waals surface area contributed by atoms with Gasteiger partial charge < -0.3 is 0 Å². The van der Waals surface area contributed by atoms with Gasteiger partial charge in [0.15, 0.2) is 17.5 Å². The van der Waals surface area contributed by atoms with Crippen LogP contribution in [0, 0.1) is 0 Å². The fraction of sp³-hybridized carbons (Fsp3) is 0. The van der Waals surface area contributed by atoms with Gasteiger partial charge in [-0.1, -0.05) is 164 Å². The summed E-state index contributed by atoms with van der Waals surface area (Å²) in [5.41, 5.74) is 9.24. The molecule has 9 aromatic carbocycles. The summed E-state index contributed by atoms with van der Waals surface area (Å²) >= 11 is 0.